The fourth-order valence-corrected chi connectivity index (χ4v) is 2.97. The number of amidine groups is 1. The van der Waals surface area contributed by atoms with Gasteiger partial charge in [-0.05, 0) is 56.0 Å². The van der Waals surface area contributed by atoms with Crippen molar-refractivity contribution in [2.24, 2.45) is 5.73 Å². The summed E-state index contributed by atoms with van der Waals surface area (Å²) in [5.41, 5.74) is 7.40. The monoisotopic (exact) mass is 474 g/mol. The Morgan fingerprint density at radius 1 is 1.24 bits per heavy atom. The first-order valence-electron chi connectivity index (χ1n) is 10.2. The van der Waals surface area contributed by atoms with E-state index < -0.39 is 41.3 Å². The van der Waals surface area contributed by atoms with Crippen LogP contribution >= 0.6 is 0 Å². The van der Waals surface area contributed by atoms with Crippen molar-refractivity contribution in [2.45, 2.75) is 52.5 Å². The molecule has 1 aromatic carbocycles. The van der Waals surface area contributed by atoms with Crippen molar-refractivity contribution >= 4 is 17.7 Å². The number of nitrogens with two attached hydrogens (primary N) is 1. The lowest BCUT2D eigenvalue weighted by atomic mass is 9.99. The summed E-state index contributed by atoms with van der Waals surface area (Å²) in [7, 11) is 0. The highest BCUT2D eigenvalue weighted by atomic mass is 19.3. The molecule has 11 heteroatoms. The second kappa shape index (κ2) is 11.8. The predicted molar refractivity (Wildman–Crippen MR) is 116 cm³/mol. The zero-order chi connectivity index (χ0) is 25.5. The Labute approximate surface area is 190 Å². The van der Waals surface area contributed by atoms with Crippen molar-refractivity contribution in [2.75, 3.05) is 19.6 Å². The molecule has 0 spiro atoms. The van der Waals surface area contributed by atoms with Gasteiger partial charge in [-0.25, -0.2) is 13.6 Å². The van der Waals surface area contributed by atoms with E-state index >= 15 is 0 Å². The molecule has 0 fully saturated rings. The number of hydrogen-bond acceptors (Lipinski definition) is 4. The summed E-state index contributed by atoms with van der Waals surface area (Å²) in [5, 5.41) is 18.7. The normalized spacial score (nSPS) is 13.2. The van der Waals surface area contributed by atoms with Crippen LogP contribution in [0.15, 0.2) is 23.3 Å². The number of rotatable bonds is 11. The van der Waals surface area contributed by atoms with Crippen molar-refractivity contribution in [3.05, 3.63) is 46.0 Å². The van der Waals surface area contributed by atoms with E-state index in [1.54, 1.807) is 6.92 Å². The van der Waals surface area contributed by atoms with Crippen LogP contribution in [-0.2, 0) is 16.0 Å². The summed E-state index contributed by atoms with van der Waals surface area (Å²) in [5.74, 6) is -8.02. The van der Waals surface area contributed by atoms with E-state index in [0.717, 1.165) is 12.1 Å². The molecule has 0 heterocycles. The molecule has 184 valence electrons. The fraction of sp³-hybridized carbons (Fsp3) is 0.500. The third-order valence-electron chi connectivity index (χ3n) is 5.16. The molecular weight excluding hydrogens is 444 g/mol. The number of aliphatic carboxylic acids is 1. The van der Waals surface area contributed by atoms with Crippen molar-refractivity contribution in [3.63, 3.8) is 0 Å². The Hall–Kier alpha value is -2.95. The molecular formula is C22H30F4N4O3. The highest BCUT2D eigenvalue weighted by molar-refractivity contribution is 5.87. The number of alkyl halides is 2. The first-order valence-corrected chi connectivity index (χ1v) is 10.2. The van der Waals surface area contributed by atoms with Gasteiger partial charge in [0.2, 0.25) is 5.91 Å². The van der Waals surface area contributed by atoms with Gasteiger partial charge in [0.15, 0.2) is 17.5 Å². The van der Waals surface area contributed by atoms with Gasteiger partial charge in [0.1, 0.15) is 0 Å². The second-order valence-corrected chi connectivity index (χ2v) is 8.08. The number of carboxylic acid groups (broad SMARTS) is 1. The number of halogens is 4. The van der Waals surface area contributed by atoms with Crippen LogP contribution < -0.4 is 11.1 Å². The van der Waals surface area contributed by atoms with Gasteiger partial charge in [0.05, 0.1) is 0 Å². The van der Waals surface area contributed by atoms with E-state index in [0.29, 0.717) is 23.6 Å². The summed E-state index contributed by atoms with van der Waals surface area (Å²) < 4.78 is 53.2. The quantitative estimate of drug-likeness (QED) is 0.170. The summed E-state index contributed by atoms with van der Waals surface area (Å²) in [6, 6.07) is 1.31. The zero-order valence-electron chi connectivity index (χ0n) is 19.1. The van der Waals surface area contributed by atoms with Gasteiger partial charge < -0.3 is 21.1 Å². The van der Waals surface area contributed by atoms with E-state index in [1.807, 2.05) is 0 Å². The van der Waals surface area contributed by atoms with E-state index in [2.05, 4.69) is 5.32 Å². The third-order valence-corrected chi connectivity index (χ3v) is 5.16. The number of benzene rings is 1. The number of amides is 1. The molecule has 0 radical (unpaired) electrons. The molecule has 0 aliphatic heterocycles. The maximum Gasteiger partial charge on any atom is 0.331 e. The van der Waals surface area contributed by atoms with Crippen LogP contribution in [0.4, 0.5) is 17.6 Å². The molecule has 0 aliphatic rings. The molecule has 5 N–H and O–H groups in total. The Morgan fingerprint density at radius 2 is 1.82 bits per heavy atom. The lowest BCUT2D eigenvalue weighted by molar-refractivity contribution is -0.133. The third kappa shape index (κ3) is 8.83. The minimum absolute atomic E-state index is 0.0373. The van der Waals surface area contributed by atoms with Crippen LogP contribution in [0.3, 0.4) is 0 Å². The largest absolute Gasteiger partial charge is 0.478 e. The van der Waals surface area contributed by atoms with Gasteiger partial charge in [-0.2, -0.15) is 8.78 Å². The number of nitrogens with one attached hydrogen (secondary N) is 2. The van der Waals surface area contributed by atoms with E-state index in [4.69, 9.17) is 16.2 Å². The topological polar surface area (TPSA) is 120 Å². The Morgan fingerprint density at radius 3 is 2.36 bits per heavy atom. The fourth-order valence-electron chi connectivity index (χ4n) is 2.97. The van der Waals surface area contributed by atoms with Crippen molar-refractivity contribution < 1.29 is 32.3 Å². The second-order valence-electron chi connectivity index (χ2n) is 8.08. The molecule has 0 bridgehead atoms. The van der Waals surface area contributed by atoms with Crippen LogP contribution in [0.5, 0.6) is 0 Å². The molecule has 0 saturated carbocycles. The number of carbonyl (C=O) groups is 2. The minimum Gasteiger partial charge on any atom is -0.478 e. The number of nitrogens with zero attached hydrogens (tertiary/aromatic N) is 1. The first-order chi connectivity index (χ1) is 15.1. The van der Waals surface area contributed by atoms with Crippen LogP contribution in [-0.4, -0.2) is 59.3 Å². The van der Waals surface area contributed by atoms with Crippen molar-refractivity contribution in [1.29, 1.82) is 5.41 Å². The highest BCUT2D eigenvalue weighted by Gasteiger charge is 2.28. The summed E-state index contributed by atoms with van der Waals surface area (Å²) in [6.07, 6.45) is -0.101. The van der Waals surface area contributed by atoms with E-state index in [9.17, 15) is 27.2 Å². The molecule has 0 aliphatic carbocycles. The average molecular weight is 474 g/mol. The summed E-state index contributed by atoms with van der Waals surface area (Å²) >= 11 is 0. The van der Waals surface area contributed by atoms with Crippen LogP contribution in [0, 0.1) is 24.0 Å². The van der Waals surface area contributed by atoms with Crippen molar-refractivity contribution in [1.82, 2.24) is 10.2 Å². The SMILES string of the molecule is C/C(CN(CCNC(=N)C(C)(F)F)C(=O)C[C@H](N)Cc1cc(F)c(F)cc1C)=C(\C)C(=O)O. The molecule has 1 atom stereocenters. The maximum absolute atomic E-state index is 13.6. The zero-order valence-corrected chi connectivity index (χ0v) is 19.1. The minimum atomic E-state index is -3.37. The predicted octanol–water partition coefficient (Wildman–Crippen LogP) is 3.00. The van der Waals surface area contributed by atoms with Gasteiger partial charge in [-0.3, -0.25) is 10.2 Å². The summed E-state index contributed by atoms with van der Waals surface area (Å²) in [6.45, 7) is 4.74. The molecule has 0 aromatic heterocycles. The molecule has 0 unspecified atom stereocenters. The number of carbonyl (C=O) groups excluding carboxylic acids is 1. The highest BCUT2D eigenvalue weighted by Crippen LogP contribution is 2.17. The van der Waals surface area contributed by atoms with E-state index in [1.165, 1.54) is 18.7 Å². The standard InChI is InChI=1S/C22H30F4N4O3/c1-12-7-17(23)18(24)9-15(12)8-16(27)10-19(31)30(11-13(2)14(3)20(32)33)6-5-29-21(28)22(4,25)26/h7,9,16H,5-6,8,10-11,27H2,1-4H3,(H2,28,29)(H,32,33)/b14-13-/t16-/m1/s1. The van der Waals surface area contributed by atoms with Crippen LogP contribution in [0.2, 0.25) is 0 Å². The number of hydrogen-bond donors (Lipinski definition) is 4. The van der Waals surface area contributed by atoms with Gasteiger partial charge in [0.25, 0.3) is 0 Å². The molecule has 33 heavy (non-hydrogen) atoms. The molecule has 7 nitrogen and oxygen atoms in total. The molecule has 1 rings (SSSR count). The molecule has 1 amide bonds. The summed E-state index contributed by atoms with van der Waals surface area (Å²) in [4.78, 5) is 25.3. The van der Waals surface area contributed by atoms with Crippen LogP contribution in [0.1, 0.15) is 38.3 Å². The van der Waals surface area contributed by atoms with E-state index in [-0.39, 0.29) is 38.0 Å². The maximum atomic E-state index is 13.6. The van der Waals surface area contributed by atoms with Crippen molar-refractivity contribution in [3.8, 4) is 0 Å². The Balaban J connectivity index is 2.93. The smallest absolute Gasteiger partial charge is 0.331 e. The van der Waals surface area contributed by atoms with Crippen LogP contribution in [0.25, 0.3) is 0 Å². The van der Waals surface area contributed by atoms with Gasteiger partial charge in [0, 0.05) is 44.6 Å². The van der Waals surface area contributed by atoms with Gasteiger partial charge >= 0.3 is 11.9 Å². The number of aryl methyl sites for hydroxylation is 1. The Bertz CT molecular complexity index is 929. The lowest BCUT2D eigenvalue weighted by Gasteiger charge is -2.26. The number of carboxylic acids is 1. The molecule has 1 aromatic rings. The Kier molecular flexibility index (Phi) is 10.0. The average Bonchev–Trinajstić information content (AvgIpc) is 2.69. The lowest BCUT2D eigenvalue weighted by Crippen LogP contribution is -2.44. The molecule has 0 saturated heterocycles. The van der Waals surface area contributed by atoms with Gasteiger partial charge in [-0.15, -0.1) is 0 Å². The van der Waals surface area contributed by atoms with Gasteiger partial charge in [-0.1, -0.05) is 0 Å². The first kappa shape index (κ1) is 28.1.